The Balaban J connectivity index is 0.000000131. The van der Waals surface area contributed by atoms with Gasteiger partial charge in [0.05, 0.1) is 12.3 Å². The molecule has 1 heterocycles. The van der Waals surface area contributed by atoms with Crippen LogP contribution in [0.5, 0.6) is 0 Å². The highest BCUT2D eigenvalue weighted by molar-refractivity contribution is 5.87. The first-order valence-corrected chi connectivity index (χ1v) is 43.5. The summed E-state index contributed by atoms with van der Waals surface area (Å²) in [7, 11) is 0. The van der Waals surface area contributed by atoms with Crippen LogP contribution in [0.2, 0.25) is 0 Å². The first kappa shape index (κ1) is 76.9. The molecule has 0 saturated heterocycles. The molecule has 13 fully saturated rings. The number of aliphatic hydroxyl groups excluding tert-OH is 2. The molecule has 0 spiro atoms. The molecule has 28 atom stereocenters. The lowest BCUT2D eigenvalue weighted by atomic mass is 9.32. The summed E-state index contributed by atoms with van der Waals surface area (Å²) in [6.07, 6.45) is 41.6. The van der Waals surface area contributed by atoms with Crippen LogP contribution in [0, 0.1) is 165 Å². The van der Waals surface area contributed by atoms with Crippen molar-refractivity contribution < 1.29 is 29.1 Å². The fourth-order valence-corrected chi connectivity index (χ4v) is 35.6. The minimum Gasteiger partial charge on any atom is -0.393 e. The van der Waals surface area contributed by atoms with Crippen molar-refractivity contribution >= 4 is 17.3 Å². The number of aromatic nitrogens is 1. The molecule has 0 aromatic carbocycles. The van der Waals surface area contributed by atoms with E-state index in [1.807, 2.05) is 6.20 Å². The van der Waals surface area contributed by atoms with Gasteiger partial charge in [-0.3, -0.25) is 14.4 Å². The quantitative estimate of drug-likeness (QED) is 0.237. The number of ketones is 3. The molecule has 103 heavy (non-hydrogen) atoms. The van der Waals surface area contributed by atoms with E-state index >= 15 is 0 Å². The predicted molar refractivity (Wildman–Crippen MR) is 420 cm³/mol. The Bertz CT molecular complexity index is 3580. The lowest BCUT2D eigenvalue weighted by Crippen LogP contribution is -2.67. The van der Waals surface area contributed by atoms with Gasteiger partial charge < -0.3 is 14.7 Å². The van der Waals surface area contributed by atoms with Gasteiger partial charge in [0, 0.05) is 40.1 Å². The Morgan fingerprint density at radius 1 is 0.447 bits per heavy atom. The van der Waals surface area contributed by atoms with E-state index in [1.54, 1.807) is 0 Å². The van der Waals surface area contributed by atoms with E-state index in [4.69, 9.17) is 4.52 Å². The van der Waals surface area contributed by atoms with E-state index in [0.717, 1.165) is 87.7 Å². The minimum atomic E-state index is -0.336. The van der Waals surface area contributed by atoms with E-state index in [-0.39, 0.29) is 61.8 Å². The van der Waals surface area contributed by atoms with Crippen molar-refractivity contribution in [2.45, 2.75) is 343 Å². The number of rotatable bonds is 9. The Labute approximate surface area is 628 Å². The molecule has 0 radical (unpaired) electrons. The lowest BCUT2D eigenvalue weighted by molar-refractivity contribution is -0.246. The van der Waals surface area contributed by atoms with Gasteiger partial charge in [0.2, 0.25) is 0 Å². The minimum absolute atomic E-state index is 0.00365. The molecule has 0 unspecified atom stereocenters. The Morgan fingerprint density at radius 2 is 0.845 bits per heavy atom. The van der Waals surface area contributed by atoms with Crippen LogP contribution in [-0.2, 0) is 26.2 Å². The van der Waals surface area contributed by atoms with Crippen molar-refractivity contribution in [2.24, 2.45) is 165 Å². The molecule has 13 saturated carbocycles. The van der Waals surface area contributed by atoms with Gasteiger partial charge in [0.25, 0.3) is 0 Å². The number of hydrogen-bond acceptors (Lipinski definition) is 7. The van der Waals surface area contributed by atoms with E-state index < -0.39 is 0 Å². The van der Waals surface area contributed by atoms with E-state index in [1.165, 1.54) is 138 Å². The third-order valence-corrected chi connectivity index (χ3v) is 40.8. The number of Topliss-reactive ketones (excluding diaryl/α,β-unsaturated/α-hetero) is 3. The average Bonchev–Trinajstić information content (AvgIpc) is 1.67. The van der Waals surface area contributed by atoms with Crippen molar-refractivity contribution in [1.82, 2.24) is 5.16 Å². The van der Waals surface area contributed by atoms with Crippen LogP contribution >= 0.6 is 0 Å². The highest BCUT2D eigenvalue weighted by atomic mass is 16.5. The van der Waals surface area contributed by atoms with Gasteiger partial charge in [-0.25, -0.2) is 0 Å². The maximum Gasteiger partial charge on any atom is 0.164 e. The molecule has 15 aliphatic rings. The summed E-state index contributed by atoms with van der Waals surface area (Å²) in [5.41, 5.74) is 7.84. The fraction of sp³-hybridized carbons (Fsp3) is 0.854. The zero-order valence-corrected chi connectivity index (χ0v) is 69.5. The summed E-state index contributed by atoms with van der Waals surface area (Å²) in [5, 5.41) is 25.2. The SMILES string of the molecule is C=C(C)[C@@H]1CC[C@]2(C(=O)CC)CC[C@]3(C)[C@H](CC[C@@H]4[C@@]5(C)CC=CC(C)(C)[C@@H]5CC[C@]43C)[C@@H]12.C=C(C)[C@@H]1CC[C@]2(C(=O)CC)CC[C@]3(C)[C@H](CC[C@@H]4[C@@]5(C)CC[C@H](O)C(C)(C)[C@@H]5CC[C@]43C)[C@@H]12.C=C(C)[C@@H]1CC[C@]2(C(=O)CO)CC[C@]3(C)[C@H](CC[C@@H]4[C@@]5(C)Cc6cnoc6C(C)(C)[C@@H]5CC[C@]43C)[C@@H]12. The van der Waals surface area contributed by atoms with Crippen LogP contribution < -0.4 is 0 Å². The molecular formula is C96H149NO6. The molecule has 2 N–H and O–H groups in total. The second-order valence-corrected chi connectivity index (χ2v) is 44.5. The summed E-state index contributed by atoms with van der Waals surface area (Å²) < 4.78 is 5.85. The highest BCUT2D eigenvalue weighted by Crippen LogP contribution is 2.82. The molecule has 1 aromatic rings. The summed E-state index contributed by atoms with van der Waals surface area (Å²) in [5.74, 6) is 11.2. The number of aliphatic hydroxyl groups is 2. The third-order valence-electron chi connectivity index (χ3n) is 40.8. The molecule has 574 valence electrons. The van der Waals surface area contributed by atoms with Gasteiger partial charge >= 0.3 is 0 Å². The van der Waals surface area contributed by atoms with Gasteiger partial charge in [0.15, 0.2) is 5.78 Å². The average molecular weight is 1410 g/mol. The third kappa shape index (κ3) is 10.0. The first-order valence-electron chi connectivity index (χ1n) is 43.5. The molecule has 0 amide bonds. The van der Waals surface area contributed by atoms with Crippen molar-refractivity contribution in [1.29, 1.82) is 0 Å². The second kappa shape index (κ2) is 25.1. The van der Waals surface area contributed by atoms with Crippen LogP contribution in [0.4, 0.5) is 0 Å². The zero-order chi connectivity index (χ0) is 74.8. The standard InChI is InChI=1S/C32H47NO3.C32H52O2.C32H50O/c1-19(2)21-10-13-32(25(35)18-34)15-14-30(6)22(26(21)32)8-9-24-29(5)16-20-17-33-36-27(20)28(3,4)23(29)11-12-31(24,30)7;1-9-25(33)32-17-12-21(20(2)3)27(32)22-10-11-24-29(6)15-14-26(34)28(4,5)23(29)13-16-31(24,8)30(22,7)18-19-32;1-9-26(33)32-18-13-22(21(2)3)27(32)23-11-12-25-29(6)16-10-15-28(4,5)24(29)14-17-31(25,8)30(23,7)19-20-32/h17,21-24,26,34H,1,8-16,18H2,2-7H3;21-24,26-27,34H,2,9-19H2,1,3-8H3;10,15,22-25,27H,2,9,11-14,16-20H2,1,3-8H3/t21-,22+,23-,24+,26+,29-,30+,31+,32+;21-,22+,23-,24+,26-,27+,29-,30+,31+,32+;22-,23+,24-,25+,27+,29-,30+,31+,32+/m000/s1. The zero-order valence-electron chi connectivity index (χ0n) is 69.5. The second-order valence-electron chi connectivity index (χ2n) is 44.5. The van der Waals surface area contributed by atoms with Crippen LogP contribution in [-0.4, -0.2) is 45.4 Å². The monoisotopic (exact) mass is 1410 g/mol. The summed E-state index contributed by atoms with van der Waals surface area (Å²) in [4.78, 5) is 40.5. The smallest absolute Gasteiger partial charge is 0.164 e. The maximum absolute atomic E-state index is 13.6. The fourth-order valence-electron chi connectivity index (χ4n) is 35.6. The van der Waals surface area contributed by atoms with Crippen LogP contribution in [0.25, 0.3) is 0 Å². The van der Waals surface area contributed by atoms with Crippen LogP contribution in [0.3, 0.4) is 0 Å². The van der Waals surface area contributed by atoms with Crippen LogP contribution in [0.1, 0.15) is 336 Å². The van der Waals surface area contributed by atoms with Gasteiger partial charge in [-0.2, -0.15) is 0 Å². The molecule has 15 aliphatic carbocycles. The van der Waals surface area contributed by atoms with Crippen molar-refractivity contribution in [3.8, 4) is 0 Å². The van der Waals surface area contributed by atoms with E-state index in [0.29, 0.717) is 133 Å². The number of hydrogen-bond donors (Lipinski definition) is 2. The molecule has 7 nitrogen and oxygen atoms in total. The molecule has 16 rings (SSSR count). The van der Waals surface area contributed by atoms with E-state index in [2.05, 4.69) is 176 Å². The molecule has 7 heteroatoms. The largest absolute Gasteiger partial charge is 0.393 e. The molecule has 1 aromatic heterocycles. The predicted octanol–water partition coefficient (Wildman–Crippen LogP) is 23.7. The van der Waals surface area contributed by atoms with Gasteiger partial charge in [0.1, 0.15) is 23.9 Å². The number of fused-ring (bicyclic) bond motifs is 22. The number of carbonyl (C=O) groups is 3. The maximum atomic E-state index is 13.6. The first-order chi connectivity index (χ1) is 48.0. The Kier molecular flexibility index (Phi) is 18.7. The lowest BCUT2D eigenvalue weighted by Gasteiger charge is -2.72. The molecular weight excluding hydrogens is 1260 g/mol. The van der Waals surface area contributed by atoms with Crippen LogP contribution in [0.15, 0.2) is 59.3 Å². The number of nitrogens with zero attached hydrogens (tertiary/aromatic N) is 1. The summed E-state index contributed by atoms with van der Waals surface area (Å²) >= 11 is 0. The summed E-state index contributed by atoms with van der Waals surface area (Å²) in [6.45, 7) is 62.1. The summed E-state index contributed by atoms with van der Waals surface area (Å²) in [6, 6.07) is 0. The number of allylic oxidation sites excluding steroid dienone is 5. The van der Waals surface area contributed by atoms with Gasteiger partial charge in [-0.15, -0.1) is 0 Å². The number of carbonyl (C=O) groups excluding carboxylic acids is 3. The molecule has 0 aliphatic heterocycles. The normalized spacial score (nSPS) is 51.5. The Morgan fingerprint density at radius 3 is 1.26 bits per heavy atom. The van der Waals surface area contributed by atoms with E-state index in [9.17, 15) is 24.6 Å². The van der Waals surface area contributed by atoms with Gasteiger partial charge in [-0.1, -0.05) is 171 Å². The van der Waals surface area contributed by atoms with Gasteiger partial charge in [-0.05, 0) is 349 Å². The topological polar surface area (TPSA) is 118 Å². The molecule has 0 bridgehead atoms. The van der Waals surface area contributed by atoms with Crippen molar-refractivity contribution in [3.05, 3.63) is 66.1 Å². The van der Waals surface area contributed by atoms with Crippen molar-refractivity contribution in [2.75, 3.05) is 6.61 Å². The Hall–Kier alpha value is -2.90. The van der Waals surface area contributed by atoms with Crippen molar-refractivity contribution in [3.63, 3.8) is 0 Å². The highest BCUT2D eigenvalue weighted by Gasteiger charge is 2.76.